The van der Waals surface area contributed by atoms with E-state index in [0.29, 0.717) is 0 Å². The number of nitrogens with zero attached hydrogens (tertiary/aromatic N) is 4. The summed E-state index contributed by atoms with van der Waals surface area (Å²) in [4.78, 5) is 26.2. The first-order valence-electron chi connectivity index (χ1n) is 11.5. The third kappa shape index (κ3) is 4.27. The monoisotopic (exact) mass is 444 g/mol. The molecule has 0 bridgehead atoms. The van der Waals surface area contributed by atoms with E-state index in [9.17, 15) is 9.90 Å². The van der Waals surface area contributed by atoms with E-state index in [2.05, 4.69) is 14.9 Å². The lowest BCUT2D eigenvalue weighted by Crippen LogP contribution is -2.49. The van der Waals surface area contributed by atoms with Gasteiger partial charge in [0.25, 0.3) is 0 Å². The average molecular weight is 445 g/mol. The molecule has 7 nitrogen and oxygen atoms in total. The van der Waals surface area contributed by atoms with Crippen molar-refractivity contribution in [3.63, 3.8) is 0 Å². The summed E-state index contributed by atoms with van der Waals surface area (Å²) in [6.07, 6.45) is 7.91. The predicted octanol–water partition coefficient (Wildman–Crippen LogP) is 3.27. The molecular weight excluding hydrogens is 416 g/mol. The number of rotatable bonds is 6. The van der Waals surface area contributed by atoms with E-state index in [0.717, 1.165) is 42.6 Å². The van der Waals surface area contributed by atoms with Crippen LogP contribution in [0.2, 0.25) is 0 Å². The lowest BCUT2D eigenvalue weighted by atomic mass is 9.97. The maximum atomic E-state index is 14.0. The number of pyridine rings is 2. The number of hydrogen-bond donors (Lipinski definition) is 1. The smallest absolute Gasteiger partial charge is 0.243 e. The summed E-state index contributed by atoms with van der Waals surface area (Å²) in [5.41, 5.74) is 2.74. The lowest BCUT2D eigenvalue weighted by Gasteiger charge is -2.36. The van der Waals surface area contributed by atoms with Gasteiger partial charge in [0.05, 0.1) is 12.6 Å². The minimum atomic E-state index is -0.582. The van der Waals surface area contributed by atoms with Crippen molar-refractivity contribution in [2.24, 2.45) is 0 Å². The Balaban J connectivity index is 1.64. The maximum absolute atomic E-state index is 14.0. The Labute approximate surface area is 193 Å². The molecule has 1 unspecified atom stereocenters. The van der Waals surface area contributed by atoms with Crippen molar-refractivity contribution in [3.8, 4) is 0 Å². The Morgan fingerprint density at radius 3 is 2.15 bits per heavy atom. The van der Waals surface area contributed by atoms with Crippen molar-refractivity contribution < 1.29 is 14.6 Å². The molecule has 2 fully saturated rings. The van der Waals surface area contributed by atoms with Gasteiger partial charge < -0.3 is 14.7 Å². The molecule has 2 aliphatic heterocycles. The number of aliphatic hydroxyl groups is 1. The van der Waals surface area contributed by atoms with E-state index in [1.165, 1.54) is 0 Å². The number of ether oxygens (including phenoxy) is 1. The quantitative estimate of drug-likeness (QED) is 0.629. The molecule has 2 aliphatic rings. The molecule has 1 aromatic carbocycles. The second kappa shape index (κ2) is 9.79. The molecule has 2 aromatic heterocycles. The highest BCUT2D eigenvalue weighted by Crippen LogP contribution is 2.47. The van der Waals surface area contributed by atoms with Crippen LogP contribution in [0.5, 0.6) is 0 Å². The maximum Gasteiger partial charge on any atom is 0.243 e. The number of aliphatic hydroxyl groups excluding tert-OH is 1. The van der Waals surface area contributed by atoms with Gasteiger partial charge in [0, 0.05) is 37.9 Å². The number of carbonyl (C=O) groups is 1. The summed E-state index contributed by atoms with van der Waals surface area (Å²) < 4.78 is 6.66. The number of aromatic nitrogens is 2. The second-order valence-corrected chi connectivity index (χ2v) is 8.50. The third-order valence-electron chi connectivity index (χ3n) is 6.57. The van der Waals surface area contributed by atoms with Crippen molar-refractivity contribution in [2.45, 2.75) is 37.3 Å². The largest absolute Gasteiger partial charge is 0.394 e. The molecule has 2 saturated heterocycles. The fourth-order valence-corrected chi connectivity index (χ4v) is 4.96. The molecule has 170 valence electrons. The highest BCUT2D eigenvalue weighted by Gasteiger charge is 2.51. The lowest BCUT2D eigenvalue weighted by molar-refractivity contribution is -0.137. The van der Waals surface area contributed by atoms with Gasteiger partial charge in [-0.05, 0) is 53.8 Å². The molecule has 4 heterocycles. The molecule has 7 heteroatoms. The SMILES string of the molecule is O=C([C@H]1C(c2ccncc2)O[C@H](c2ccncc2)N1[C@@H](CO)c1ccccc1)N1CCCC1. The fourth-order valence-electron chi connectivity index (χ4n) is 4.96. The zero-order chi connectivity index (χ0) is 22.6. The third-order valence-corrected chi connectivity index (χ3v) is 6.57. The zero-order valence-corrected chi connectivity index (χ0v) is 18.4. The molecular formula is C26H28N4O3. The van der Waals surface area contributed by atoms with Crippen LogP contribution in [-0.2, 0) is 9.53 Å². The minimum Gasteiger partial charge on any atom is -0.394 e. The van der Waals surface area contributed by atoms with Crippen LogP contribution in [0, 0.1) is 0 Å². The topological polar surface area (TPSA) is 78.8 Å². The van der Waals surface area contributed by atoms with Crippen LogP contribution >= 0.6 is 0 Å². The Bertz CT molecular complexity index is 1040. The standard InChI is InChI=1S/C26H28N4O3/c31-18-22(19-6-2-1-3-7-19)30-23(25(32)29-16-4-5-17-29)24(20-8-12-27-13-9-20)33-26(30)21-10-14-28-15-11-21/h1-3,6-15,22-24,26,31H,4-5,16-18H2/t22-,23+,24?,26+/m0/s1. The summed E-state index contributed by atoms with van der Waals surface area (Å²) in [6.45, 7) is 1.37. The van der Waals surface area contributed by atoms with Gasteiger partial charge in [-0.15, -0.1) is 0 Å². The van der Waals surface area contributed by atoms with E-state index in [1.54, 1.807) is 24.8 Å². The first-order valence-corrected chi connectivity index (χ1v) is 11.5. The minimum absolute atomic E-state index is 0.0419. The summed E-state index contributed by atoms with van der Waals surface area (Å²) in [6, 6.07) is 16.5. The summed E-state index contributed by atoms with van der Waals surface area (Å²) >= 11 is 0. The van der Waals surface area contributed by atoms with E-state index >= 15 is 0 Å². The van der Waals surface area contributed by atoms with Crippen molar-refractivity contribution in [1.82, 2.24) is 19.8 Å². The number of likely N-dealkylation sites (tertiary alicyclic amines) is 1. The molecule has 4 atom stereocenters. The summed E-state index contributed by atoms with van der Waals surface area (Å²) in [7, 11) is 0. The van der Waals surface area contributed by atoms with Crippen molar-refractivity contribution in [3.05, 3.63) is 96.1 Å². The number of carbonyl (C=O) groups excluding carboxylic acids is 1. The normalized spacial score (nSPS) is 24.2. The van der Waals surface area contributed by atoms with E-state index < -0.39 is 24.4 Å². The number of hydrogen-bond acceptors (Lipinski definition) is 6. The molecule has 1 amide bonds. The number of benzene rings is 1. The van der Waals surface area contributed by atoms with Gasteiger partial charge in [-0.1, -0.05) is 30.3 Å². The molecule has 0 saturated carbocycles. The Morgan fingerprint density at radius 1 is 0.939 bits per heavy atom. The Kier molecular flexibility index (Phi) is 6.44. The first kappa shape index (κ1) is 21.7. The van der Waals surface area contributed by atoms with Crippen LogP contribution in [0.3, 0.4) is 0 Å². The van der Waals surface area contributed by atoms with Crippen LogP contribution in [0.15, 0.2) is 79.4 Å². The second-order valence-electron chi connectivity index (χ2n) is 8.50. The summed E-state index contributed by atoms with van der Waals surface area (Å²) in [5.74, 6) is 0.0419. The molecule has 0 radical (unpaired) electrons. The van der Waals surface area contributed by atoms with E-state index in [-0.39, 0.29) is 12.5 Å². The van der Waals surface area contributed by atoms with Gasteiger partial charge in [0.2, 0.25) is 5.91 Å². The van der Waals surface area contributed by atoms with Crippen LogP contribution < -0.4 is 0 Å². The van der Waals surface area contributed by atoms with Gasteiger partial charge in [0.1, 0.15) is 18.4 Å². The van der Waals surface area contributed by atoms with Gasteiger partial charge in [-0.25, -0.2) is 0 Å². The van der Waals surface area contributed by atoms with Crippen LogP contribution in [0.25, 0.3) is 0 Å². The van der Waals surface area contributed by atoms with E-state index in [4.69, 9.17) is 4.74 Å². The average Bonchev–Trinajstić information content (AvgIpc) is 3.55. The molecule has 1 N–H and O–H groups in total. The van der Waals surface area contributed by atoms with Crippen molar-refractivity contribution in [1.29, 1.82) is 0 Å². The molecule has 0 spiro atoms. The molecule has 5 rings (SSSR count). The Morgan fingerprint density at radius 2 is 1.55 bits per heavy atom. The predicted molar refractivity (Wildman–Crippen MR) is 123 cm³/mol. The Hall–Kier alpha value is -3.13. The van der Waals surface area contributed by atoms with Gasteiger partial charge in [-0.3, -0.25) is 19.7 Å². The molecule has 33 heavy (non-hydrogen) atoms. The first-order chi connectivity index (χ1) is 16.3. The zero-order valence-electron chi connectivity index (χ0n) is 18.4. The molecule has 3 aromatic rings. The summed E-state index contributed by atoms with van der Waals surface area (Å²) in [5, 5.41) is 10.6. The van der Waals surface area contributed by atoms with Crippen LogP contribution in [0.4, 0.5) is 0 Å². The van der Waals surface area contributed by atoms with Gasteiger partial charge in [-0.2, -0.15) is 0 Å². The highest BCUT2D eigenvalue weighted by molar-refractivity contribution is 5.83. The van der Waals surface area contributed by atoms with Crippen molar-refractivity contribution >= 4 is 5.91 Å². The fraction of sp³-hybridized carbons (Fsp3) is 0.346. The number of amides is 1. The van der Waals surface area contributed by atoms with Crippen molar-refractivity contribution in [2.75, 3.05) is 19.7 Å². The van der Waals surface area contributed by atoms with Crippen LogP contribution in [-0.4, -0.2) is 56.5 Å². The van der Waals surface area contributed by atoms with Gasteiger partial charge >= 0.3 is 0 Å². The highest BCUT2D eigenvalue weighted by atomic mass is 16.5. The van der Waals surface area contributed by atoms with Gasteiger partial charge in [0.15, 0.2) is 0 Å². The van der Waals surface area contributed by atoms with E-state index in [1.807, 2.05) is 59.5 Å². The van der Waals surface area contributed by atoms with Crippen LogP contribution in [0.1, 0.15) is 47.9 Å². The molecule has 0 aliphatic carbocycles.